The number of thioether (sulfide) groups is 1. The van der Waals surface area contributed by atoms with Crippen molar-refractivity contribution in [1.29, 1.82) is 0 Å². The number of carbonyl (C=O) groups excluding carboxylic acids is 1. The summed E-state index contributed by atoms with van der Waals surface area (Å²) in [5, 5.41) is 1.98. The van der Waals surface area contributed by atoms with Crippen molar-refractivity contribution in [3.05, 3.63) is 16.8 Å². The lowest BCUT2D eigenvalue weighted by Crippen LogP contribution is -2.38. The van der Waals surface area contributed by atoms with E-state index in [1.165, 1.54) is 28.6 Å². The molecular weight excluding hydrogens is 378 g/mol. The summed E-state index contributed by atoms with van der Waals surface area (Å²) in [4.78, 5) is 25.3. The Balaban J connectivity index is 1.48. The Morgan fingerprint density at radius 3 is 3.00 bits per heavy atom. The van der Waals surface area contributed by atoms with Gasteiger partial charge in [0, 0.05) is 23.4 Å². The Labute approximate surface area is 155 Å². The molecule has 0 aromatic carbocycles. The fourth-order valence-electron chi connectivity index (χ4n) is 3.53. The SMILES string of the molecule is CN(C(=O)CSc1ncnc2sc3c(c12)CCC3)[C@@H]1CCS(=O)(=O)C1. The lowest BCUT2D eigenvalue weighted by molar-refractivity contribution is -0.128. The standard InChI is InChI=1S/C16H19N3O3S3/c1-19(10-5-6-25(21,22)8-10)13(20)7-23-15-14-11-3-2-4-12(11)24-16(14)18-9-17-15/h9-10H,2-8H2,1H3/t10-/m1/s1. The third-order valence-corrected chi connectivity index (χ3v) is 8.87. The molecule has 2 aromatic heterocycles. The van der Waals surface area contributed by atoms with Crippen LogP contribution in [0.2, 0.25) is 0 Å². The molecule has 9 heteroatoms. The molecule has 2 aromatic rings. The molecule has 0 N–H and O–H groups in total. The number of aryl methyl sites for hydroxylation is 2. The highest BCUT2D eigenvalue weighted by Gasteiger charge is 2.32. The molecule has 1 saturated heterocycles. The average molecular weight is 398 g/mol. The van der Waals surface area contributed by atoms with E-state index in [1.807, 2.05) is 0 Å². The molecule has 0 bridgehead atoms. The minimum atomic E-state index is -2.99. The first-order valence-corrected chi connectivity index (χ1v) is 11.9. The maximum Gasteiger partial charge on any atom is 0.233 e. The second-order valence-corrected chi connectivity index (χ2v) is 10.8. The molecule has 4 rings (SSSR count). The fourth-order valence-corrected chi connectivity index (χ4v) is 7.54. The third kappa shape index (κ3) is 3.29. The Morgan fingerprint density at radius 1 is 1.40 bits per heavy atom. The van der Waals surface area contributed by atoms with Crippen LogP contribution >= 0.6 is 23.1 Å². The van der Waals surface area contributed by atoms with Crippen molar-refractivity contribution in [1.82, 2.24) is 14.9 Å². The van der Waals surface area contributed by atoms with Gasteiger partial charge in [-0.25, -0.2) is 18.4 Å². The van der Waals surface area contributed by atoms with Crippen LogP contribution in [0.25, 0.3) is 10.2 Å². The normalized spacial score (nSPS) is 21.6. The number of carbonyl (C=O) groups is 1. The molecule has 0 spiro atoms. The van der Waals surface area contributed by atoms with E-state index in [0.29, 0.717) is 6.42 Å². The molecule has 0 saturated carbocycles. The van der Waals surface area contributed by atoms with E-state index >= 15 is 0 Å². The van der Waals surface area contributed by atoms with E-state index in [0.717, 1.165) is 28.1 Å². The van der Waals surface area contributed by atoms with Gasteiger partial charge in [0.1, 0.15) is 16.2 Å². The van der Waals surface area contributed by atoms with Crippen LogP contribution in [0, 0.1) is 0 Å². The number of rotatable bonds is 4. The largest absolute Gasteiger partial charge is 0.341 e. The van der Waals surface area contributed by atoms with Crippen molar-refractivity contribution in [2.75, 3.05) is 24.3 Å². The second kappa shape index (κ2) is 6.51. The predicted octanol–water partition coefficient (Wildman–Crippen LogP) is 1.92. The molecule has 6 nitrogen and oxygen atoms in total. The molecule has 1 aliphatic carbocycles. The Morgan fingerprint density at radius 2 is 2.24 bits per heavy atom. The van der Waals surface area contributed by atoms with Crippen LogP contribution in [-0.2, 0) is 27.5 Å². The van der Waals surface area contributed by atoms with Crippen LogP contribution < -0.4 is 0 Å². The van der Waals surface area contributed by atoms with Gasteiger partial charge in [-0.05, 0) is 31.2 Å². The zero-order valence-electron chi connectivity index (χ0n) is 13.9. The van der Waals surface area contributed by atoms with E-state index in [2.05, 4.69) is 9.97 Å². The van der Waals surface area contributed by atoms with Crippen molar-refractivity contribution >= 4 is 49.1 Å². The third-order valence-electron chi connectivity index (χ3n) is 4.95. The lowest BCUT2D eigenvalue weighted by atomic mass is 10.2. The van der Waals surface area contributed by atoms with Gasteiger partial charge >= 0.3 is 0 Å². The number of hydrogen-bond acceptors (Lipinski definition) is 7. The van der Waals surface area contributed by atoms with Gasteiger partial charge in [0.25, 0.3) is 0 Å². The Bertz CT molecular complexity index is 939. The quantitative estimate of drug-likeness (QED) is 0.579. The molecular formula is C16H19N3O3S3. The van der Waals surface area contributed by atoms with Crippen LogP contribution in [0.1, 0.15) is 23.3 Å². The van der Waals surface area contributed by atoms with Crippen molar-refractivity contribution in [3.63, 3.8) is 0 Å². The molecule has 134 valence electrons. The summed E-state index contributed by atoms with van der Waals surface area (Å²) in [5.41, 5.74) is 1.35. The summed E-state index contributed by atoms with van der Waals surface area (Å²) >= 11 is 3.17. The zero-order chi connectivity index (χ0) is 17.6. The first kappa shape index (κ1) is 17.2. The van der Waals surface area contributed by atoms with Crippen LogP contribution in [0.15, 0.2) is 11.4 Å². The Hall–Kier alpha value is -1.19. The van der Waals surface area contributed by atoms with Crippen molar-refractivity contribution in [3.8, 4) is 0 Å². The van der Waals surface area contributed by atoms with Gasteiger partial charge in [0.2, 0.25) is 5.91 Å². The van der Waals surface area contributed by atoms with Gasteiger partial charge < -0.3 is 4.90 Å². The summed E-state index contributed by atoms with van der Waals surface area (Å²) in [7, 11) is -1.29. The van der Waals surface area contributed by atoms with Crippen molar-refractivity contribution in [2.24, 2.45) is 0 Å². The molecule has 0 unspecified atom stereocenters. The molecule has 3 heterocycles. The number of fused-ring (bicyclic) bond motifs is 3. The molecule has 0 radical (unpaired) electrons. The molecule has 1 atom stereocenters. The van der Waals surface area contributed by atoms with Crippen molar-refractivity contribution < 1.29 is 13.2 Å². The molecule has 1 fully saturated rings. The second-order valence-electron chi connectivity index (χ2n) is 6.57. The minimum absolute atomic E-state index is 0.0502. The van der Waals surface area contributed by atoms with Gasteiger partial charge in [-0.15, -0.1) is 11.3 Å². The first-order valence-electron chi connectivity index (χ1n) is 8.29. The summed E-state index contributed by atoms with van der Waals surface area (Å²) in [6.45, 7) is 0. The van der Waals surface area contributed by atoms with Crippen LogP contribution in [-0.4, -0.2) is 59.5 Å². The van der Waals surface area contributed by atoms with Crippen LogP contribution in [0.3, 0.4) is 0 Å². The van der Waals surface area contributed by atoms with Gasteiger partial charge in [-0.1, -0.05) is 11.8 Å². The first-order chi connectivity index (χ1) is 11.9. The number of hydrogen-bond donors (Lipinski definition) is 0. The van der Waals surface area contributed by atoms with E-state index in [9.17, 15) is 13.2 Å². The molecule has 1 amide bonds. The Kier molecular flexibility index (Phi) is 4.49. The summed E-state index contributed by atoms with van der Waals surface area (Å²) < 4.78 is 23.2. The fraction of sp³-hybridized carbons (Fsp3) is 0.562. The summed E-state index contributed by atoms with van der Waals surface area (Å²) in [5.74, 6) is 0.473. The smallest absolute Gasteiger partial charge is 0.233 e. The maximum atomic E-state index is 12.5. The summed E-state index contributed by atoms with van der Waals surface area (Å²) in [6, 6.07) is -0.200. The van der Waals surface area contributed by atoms with Crippen molar-refractivity contribution in [2.45, 2.75) is 36.8 Å². The number of amides is 1. The molecule has 25 heavy (non-hydrogen) atoms. The van der Waals surface area contributed by atoms with Crippen LogP contribution in [0.5, 0.6) is 0 Å². The molecule has 1 aliphatic heterocycles. The highest BCUT2D eigenvalue weighted by atomic mass is 32.2. The lowest BCUT2D eigenvalue weighted by Gasteiger charge is -2.23. The maximum absolute atomic E-state index is 12.5. The minimum Gasteiger partial charge on any atom is -0.341 e. The number of nitrogens with zero attached hydrogens (tertiary/aromatic N) is 3. The number of thiophene rings is 1. The number of sulfone groups is 1. The van der Waals surface area contributed by atoms with Crippen LogP contribution in [0.4, 0.5) is 0 Å². The summed E-state index contributed by atoms with van der Waals surface area (Å²) in [6.07, 6.45) is 5.44. The van der Waals surface area contributed by atoms with E-state index in [-0.39, 0.29) is 29.2 Å². The predicted molar refractivity (Wildman–Crippen MR) is 100.0 cm³/mol. The average Bonchev–Trinajstić information content (AvgIpc) is 3.25. The molecule has 2 aliphatic rings. The van der Waals surface area contributed by atoms with Gasteiger partial charge in [-0.3, -0.25) is 4.79 Å². The van der Waals surface area contributed by atoms with E-state index < -0.39 is 9.84 Å². The monoisotopic (exact) mass is 397 g/mol. The van der Waals surface area contributed by atoms with E-state index in [4.69, 9.17) is 0 Å². The highest BCUT2D eigenvalue weighted by Crippen LogP contribution is 2.40. The van der Waals surface area contributed by atoms with Gasteiger partial charge in [0.05, 0.1) is 17.3 Å². The topological polar surface area (TPSA) is 80.2 Å². The highest BCUT2D eigenvalue weighted by molar-refractivity contribution is 8.00. The van der Waals surface area contributed by atoms with E-state index in [1.54, 1.807) is 29.6 Å². The van der Waals surface area contributed by atoms with Gasteiger partial charge in [0.15, 0.2) is 9.84 Å². The number of aromatic nitrogens is 2. The van der Waals surface area contributed by atoms with Gasteiger partial charge in [-0.2, -0.15) is 0 Å². The zero-order valence-corrected chi connectivity index (χ0v) is 16.3.